The van der Waals surface area contributed by atoms with Crippen LogP contribution in [0.1, 0.15) is 21.7 Å². The van der Waals surface area contributed by atoms with Gasteiger partial charge in [0.1, 0.15) is 22.8 Å². The molecule has 0 bridgehead atoms. The molecular weight excluding hydrogens is 409 g/mol. The van der Waals surface area contributed by atoms with Gasteiger partial charge in [0.15, 0.2) is 0 Å². The van der Waals surface area contributed by atoms with Crippen molar-refractivity contribution in [2.75, 3.05) is 5.32 Å². The summed E-state index contributed by atoms with van der Waals surface area (Å²) >= 11 is 6.07. The molecule has 0 saturated carbocycles. The van der Waals surface area contributed by atoms with E-state index in [1.54, 1.807) is 0 Å². The van der Waals surface area contributed by atoms with Crippen LogP contribution in [0, 0.1) is 12.7 Å². The standard InChI is InChI=1S/C18H15ClFN3O4S/c1-10-15(17(23-27-10)16-13(19)3-2-4-14(16)20)18(24)22-12-7-5-11(6-8-12)9-28(21,25)26/h2-8H,9H2,1H3,(H,22,24)(H2,21,25,26). The highest BCUT2D eigenvalue weighted by Crippen LogP contribution is 2.33. The number of sulfonamides is 1. The molecule has 0 atom stereocenters. The van der Waals surface area contributed by atoms with Gasteiger partial charge in [0.25, 0.3) is 5.91 Å². The molecule has 10 heteroatoms. The Bertz CT molecular complexity index is 1120. The van der Waals surface area contributed by atoms with E-state index in [1.165, 1.54) is 49.4 Å². The number of nitrogens with two attached hydrogens (primary N) is 1. The topological polar surface area (TPSA) is 115 Å². The second-order valence-corrected chi connectivity index (χ2v) is 8.04. The summed E-state index contributed by atoms with van der Waals surface area (Å²) in [6.45, 7) is 1.52. The molecule has 0 saturated heterocycles. The lowest BCUT2D eigenvalue weighted by Crippen LogP contribution is -2.15. The Morgan fingerprint density at radius 3 is 2.54 bits per heavy atom. The van der Waals surface area contributed by atoms with E-state index in [9.17, 15) is 17.6 Å². The largest absolute Gasteiger partial charge is 0.360 e. The highest BCUT2D eigenvalue weighted by molar-refractivity contribution is 7.88. The monoisotopic (exact) mass is 423 g/mol. The van der Waals surface area contributed by atoms with Gasteiger partial charge in [0, 0.05) is 5.69 Å². The van der Waals surface area contributed by atoms with Crippen LogP contribution in [0.25, 0.3) is 11.3 Å². The van der Waals surface area contributed by atoms with Gasteiger partial charge in [-0.3, -0.25) is 4.79 Å². The second-order valence-electron chi connectivity index (χ2n) is 6.02. The van der Waals surface area contributed by atoms with Crippen LogP contribution in [-0.4, -0.2) is 19.5 Å². The van der Waals surface area contributed by atoms with Crippen LogP contribution in [0.2, 0.25) is 5.02 Å². The van der Waals surface area contributed by atoms with Crippen molar-refractivity contribution >= 4 is 33.2 Å². The lowest BCUT2D eigenvalue weighted by Gasteiger charge is -2.08. The van der Waals surface area contributed by atoms with E-state index in [4.69, 9.17) is 21.3 Å². The number of anilines is 1. The SMILES string of the molecule is Cc1onc(-c2c(F)cccc2Cl)c1C(=O)Nc1ccc(CS(N)(=O)=O)cc1. The highest BCUT2D eigenvalue weighted by atomic mass is 35.5. The number of rotatable bonds is 5. The molecule has 0 unspecified atom stereocenters. The van der Waals surface area contributed by atoms with Gasteiger partial charge in [-0.2, -0.15) is 0 Å². The lowest BCUT2D eigenvalue weighted by atomic mass is 10.0. The highest BCUT2D eigenvalue weighted by Gasteiger charge is 2.25. The minimum atomic E-state index is -3.65. The third-order valence-corrected chi connectivity index (χ3v) is 4.92. The van der Waals surface area contributed by atoms with Gasteiger partial charge in [0.2, 0.25) is 10.0 Å². The van der Waals surface area contributed by atoms with Crippen molar-refractivity contribution < 1.29 is 22.1 Å². The number of amides is 1. The molecule has 3 rings (SSSR count). The zero-order chi connectivity index (χ0) is 20.5. The summed E-state index contributed by atoms with van der Waals surface area (Å²) < 4.78 is 41.6. The first-order valence-corrected chi connectivity index (χ1v) is 10.1. The summed E-state index contributed by atoms with van der Waals surface area (Å²) in [7, 11) is -3.65. The predicted molar refractivity (Wildman–Crippen MR) is 103 cm³/mol. The van der Waals surface area contributed by atoms with Crippen LogP contribution in [0.3, 0.4) is 0 Å². The summed E-state index contributed by atoms with van der Waals surface area (Å²) in [5.41, 5.74) is 0.869. The zero-order valence-corrected chi connectivity index (χ0v) is 16.1. The molecule has 146 valence electrons. The van der Waals surface area contributed by atoms with Crippen molar-refractivity contribution in [1.82, 2.24) is 5.16 Å². The van der Waals surface area contributed by atoms with Gasteiger partial charge in [-0.15, -0.1) is 0 Å². The molecule has 7 nitrogen and oxygen atoms in total. The van der Waals surface area contributed by atoms with Crippen molar-refractivity contribution in [2.24, 2.45) is 5.14 Å². The summed E-state index contributed by atoms with van der Waals surface area (Å²) in [6, 6.07) is 10.2. The summed E-state index contributed by atoms with van der Waals surface area (Å²) in [5, 5.41) is 11.5. The maximum absolute atomic E-state index is 14.2. The van der Waals surface area contributed by atoms with Crippen molar-refractivity contribution in [1.29, 1.82) is 0 Å². The first-order valence-electron chi connectivity index (χ1n) is 7.97. The molecule has 1 heterocycles. The van der Waals surface area contributed by atoms with Gasteiger partial charge < -0.3 is 9.84 Å². The van der Waals surface area contributed by atoms with Crippen LogP contribution >= 0.6 is 11.6 Å². The Morgan fingerprint density at radius 2 is 1.93 bits per heavy atom. The quantitative estimate of drug-likeness (QED) is 0.651. The lowest BCUT2D eigenvalue weighted by molar-refractivity contribution is 0.102. The first-order chi connectivity index (χ1) is 13.2. The normalized spacial score (nSPS) is 11.4. The van der Waals surface area contributed by atoms with Crippen molar-refractivity contribution in [2.45, 2.75) is 12.7 Å². The summed E-state index contributed by atoms with van der Waals surface area (Å²) in [4.78, 5) is 12.7. The Morgan fingerprint density at radius 1 is 1.25 bits per heavy atom. The molecule has 0 aliphatic carbocycles. The van der Waals surface area contributed by atoms with E-state index >= 15 is 0 Å². The third-order valence-electron chi connectivity index (χ3n) is 3.87. The number of hydrogen-bond acceptors (Lipinski definition) is 5. The number of carbonyl (C=O) groups is 1. The average molecular weight is 424 g/mol. The number of aromatic nitrogens is 1. The van der Waals surface area contributed by atoms with Crippen LogP contribution in [0.4, 0.5) is 10.1 Å². The van der Waals surface area contributed by atoms with Gasteiger partial charge in [0.05, 0.1) is 16.3 Å². The minimum absolute atomic E-state index is 0.0102. The Kier molecular flexibility index (Phi) is 5.50. The van der Waals surface area contributed by atoms with Crippen molar-refractivity contribution in [3.63, 3.8) is 0 Å². The molecule has 3 aromatic rings. The molecule has 0 aliphatic rings. The number of halogens is 2. The fourth-order valence-electron chi connectivity index (χ4n) is 2.64. The van der Waals surface area contributed by atoms with Crippen LogP contribution < -0.4 is 10.5 Å². The van der Waals surface area contributed by atoms with E-state index in [2.05, 4.69) is 10.5 Å². The van der Waals surface area contributed by atoms with Gasteiger partial charge in [-0.1, -0.05) is 35.0 Å². The second kappa shape index (κ2) is 7.70. The fraction of sp³-hybridized carbons (Fsp3) is 0.111. The van der Waals surface area contributed by atoms with E-state index in [1.807, 2.05) is 0 Å². The fourth-order valence-corrected chi connectivity index (χ4v) is 3.55. The number of nitrogens with one attached hydrogen (secondary N) is 1. The van der Waals surface area contributed by atoms with Gasteiger partial charge in [-0.25, -0.2) is 17.9 Å². The minimum Gasteiger partial charge on any atom is -0.360 e. The molecule has 1 amide bonds. The Labute approximate surface area is 165 Å². The van der Waals surface area contributed by atoms with E-state index in [0.717, 1.165) is 0 Å². The number of aryl methyl sites for hydroxylation is 1. The molecule has 1 aromatic heterocycles. The molecule has 0 spiro atoms. The molecule has 0 aliphatic heterocycles. The number of hydrogen-bond donors (Lipinski definition) is 2. The molecule has 0 radical (unpaired) electrons. The van der Waals surface area contributed by atoms with Crippen molar-refractivity contribution in [3.05, 3.63) is 70.2 Å². The number of benzene rings is 2. The molecule has 2 aromatic carbocycles. The van der Waals surface area contributed by atoms with Gasteiger partial charge >= 0.3 is 0 Å². The van der Waals surface area contributed by atoms with Gasteiger partial charge in [-0.05, 0) is 36.8 Å². The molecule has 0 fully saturated rings. The molecule has 3 N–H and O–H groups in total. The summed E-state index contributed by atoms with van der Waals surface area (Å²) in [5.74, 6) is -1.34. The number of primary sulfonamides is 1. The third kappa shape index (κ3) is 4.38. The average Bonchev–Trinajstić information content (AvgIpc) is 2.96. The maximum atomic E-state index is 14.2. The van der Waals surface area contributed by atoms with E-state index in [0.29, 0.717) is 11.3 Å². The molecule has 28 heavy (non-hydrogen) atoms. The van der Waals surface area contributed by atoms with Crippen LogP contribution in [0.5, 0.6) is 0 Å². The maximum Gasteiger partial charge on any atom is 0.261 e. The predicted octanol–water partition coefficient (Wildman–Crippen LogP) is 3.48. The van der Waals surface area contributed by atoms with Crippen molar-refractivity contribution in [3.8, 4) is 11.3 Å². The number of carbonyl (C=O) groups excluding carboxylic acids is 1. The smallest absolute Gasteiger partial charge is 0.261 e. The number of nitrogens with zero attached hydrogens (tertiary/aromatic N) is 1. The zero-order valence-electron chi connectivity index (χ0n) is 14.6. The van der Waals surface area contributed by atoms with E-state index < -0.39 is 21.7 Å². The molecular formula is C18H15ClFN3O4S. The first kappa shape index (κ1) is 20.0. The summed E-state index contributed by atoms with van der Waals surface area (Å²) in [6.07, 6.45) is 0. The van der Waals surface area contributed by atoms with Crippen LogP contribution in [0.15, 0.2) is 47.0 Å². The Hall–Kier alpha value is -2.75. The van der Waals surface area contributed by atoms with E-state index in [-0.39, 0.29) is 33.4 Å². The van der Waals surface area contributed by atoms with Crippen LogP contribution in [-0.2, 0) is 15.8 Å². The Balaban J connectivity index is 1.89.